The van der Waals surface area contributed by atoms with Crippen molar-refractivity contribution in [1.82, 2.24) is 0 Å². The van der Waals surface area contributed by atoms with E-state index in [1.54, 1.807) is 0 Å². The van der Waals surface area contributed by atoms with E-state index < -0.39 is 5.97 Å². The largest absolute Gasteiger partial charge is 0.499 e. The minimum absolute atomic E-state index is 0.396. The monoisotopic (exact) mass is 188 g/mol. The van der Waals surface area contributed by atoms with Gasteiger partial charge in [0.05, 0.1) is 18.9 Å². The first-order chi connectivity index (χ1) is 6.27. The lowest BCUT2D eigenvalue weighted by molar-refractivity contribution is -0.131. The van der Waals surface area contributed by atoms with Gasteiger partial charge in [-0.1, -0.05) is 13.3 Å². The Morgan fingerprint density at radius 3 is 2.77 bits per heavy atom. The van der Waals surface area contributed by atoms with E-state index in [0.717, 1.165) is 31.8 Å². The molecule has 0 aliphatic rings. The Balaban J connectivity index is 3.03. The Morgan fingerprint density at radius 1 is 1.38 bits per heavy atom. The summed E-state index contributed by atoms with van der Waals surface area (Å²) in [6, 6.07) is 0. The summed E-state index contributed by atoms with van der Waals surface area (Å²) in [5.41, 5.74) is 0. The molecule has 0 heterocycles. The molecule has 0 aliphatic carbocycles. The van der Waals surface area contributed by atoms with Crippen LogP contribution in [0.5, 0.6) is 0 Å². The second-order valence-electron chi connectivity index (χ2n) is 2.48. The van der Waals surface area contributed by atoms with Crippen LogP contribution in [0.1, 0.15) is 19.8 Å². The molecule has 0 bridgehead atoms. The zero-order valence-corrected chi connectivity index (χ0v) is 7.86. The molecular formula is C9H16O4. The minimum Gasteiger partial charge on any atom is -0.499 e. The van der Waals surface area contributed by atoms with Gasteiger partial charge in [-0.2, -0.15) is 0 Å². The molecule has 0 saturated heterocycles. The van der Waals surface area contributed by atoms with Crippen LogP contribution in [0.25, 0.3) is 0 Å². The number of carboxylic acid groups (broad SMARTS) is 1. The number of carbonyl (C=O) groups is 1. The fourth-order valence-electron chi connectivity index (χ4n) is 0.630. The van der Waals surface area contributed by atoms with Crippen LogP contribution in [0.4, 0.5) is 0 Å². The summed E-state index contributed by atoms with van der Waals surface area (Å²) in [6.07, 6.45) is 4.27. The summed E-state index contributed by atoms with van der Waals surface area (Å²) in [6.45, 7) is 3.73. The van der Waals surface area contributed by atoms with Crippen molar-refractivity contribution in [3.8, 4) is 0 Å². The molecule has 0 amide bonds. The summed E-state index contributed by atoms with van der Waals surface area (Å²) in [5, 5.41) is 8.19. The smallest absolute Gasteiger partial charge is 0.331 e. The number of aliphatic carboxylic acids is 1. The van der Waals surface area contributed by atoms with Gasteiger partial charge in [-0.25, -0.2) is 4.79 Å². The number of unbranched alkanes of at least 4 members (excludes halogenated alkanes) is 1. The second-order valence-corrected chi connectivity index (χ2v) is 2.48. The van der Waals surface area contributed by atoms with Crippen LogP contribution in [0, 0.1) is 0 Å². The highest BCUT2D eigenvalue weighted by atomic mass is 16.5. The van der Waals surface area contributed by atoms with Crippen LogP contribution in [0.15, 0.2) is 12.3 Å². The van der Waals surface area contributed by atoms with E-state index in [2.05, 4.69) is 6.92 Å². The molecule has 0 aromatic carbocycles. The van der Waals surface area contributed by atoms with Gasteiger partial charge < -0.3 is 14.6 Å². The van der Waals surface area contributed by atoms with Crippen molar-refractivity contribution in [2.24, 2.45) is 0 Å². The number of hydrogen-bond donors (Lipinski definition) is 1. The summed E-state index contributed by atoms with van der Waals surface area (Å²) in [4.78, 5) is 9.98. The number of ether oxygens (including phenoxy) is 2. The Labute approximate surface area is 78.2 Å². The molecule has 4 heteroatoms. The van der Waals surface area contributed by atoms with Crippen LogP contribution in [-0.2, 0) is 14.3 Å². The lowest BCUT2D eigenvalue weighted by Gasteiger charge is -2.01. The Hall–Kier alpha value is -1.03. The van der Waals surface area contributed by atoms with Crippen LogP contribution in [0.2, 0.25) is 0 Å². The van der Waals surface area contributed by atoms with Crippen molar-refractivity contribution >= 4 is 5.97 Å². The third-order valence-corrected chi connectivity index (χ3v) is 1.29. The maximum absolute atomic E-state index is 9.98. The average Bonchev–Trinajstić information content (AvgIpc) is 2.09. The van der Waals surface area contributed by atoms with E-state index in [-0.39, 0.29) is 0 Å². The zero-order valence-electron chi connectivity index (χ0n) is 7.86. The van der Waals surface area contributed by atoms with Crippen LogP contribution in [0.3, 0.4) is 0 Å². The molecule has 0 atom stereocenters. The first-order valence-electron chi connectivity index (χ1n) is 4.36. The third kappa shape index (κ3) is 11.0. The summed E-state index contributed by atoms with van der Waals surface area (Å²) in [5.74, 6) is -1.01. The van der Waals surface area contributed by atoms with E-state index in [4.69, 9.17) is 14.6 Å². The molecule has 13 heavy (non-hydrogen) atoms. The molecule has 0 unspecified atom stereocenters. The summed E-state index contributed by atoms with van der Waals surface area (Å²) in [7, 11) is 0. The quantitative estimate of drug-likeness (QED) is 0.355. The third-order valence-electron chi connectivity index (χ3n) is 1.29. The highest BCUT2D eigenvalue weighted by Gasteiger charge is 1.88. The molecular weight excluding hydrogens is 172 g/mol. The summed E-state index contributed by atoms with van der Waals surface area (Å²) < 4.78 is 10.0. The maximum atomic E-state index is 9.98. The molecule has 0 saturated carbocycles. The maximum Gasteiger partial charge on any atom is 0.331 e. The first kappa shape index (κ1) is 12.0. The molecule has 76 valence electrons. The molecule has 1 N–H and O–H groups in total. The zero-order chi connectivity index (χ0) is 9.94. The molecule has 0 rings (SSSR count). The molecule has 0 aliphatic heterocycles. The van der Waals surface area contributed by atoms with Crippen molar-refractivity contribution in [1.29, 1.82) is 0 Å². The molecule has 0 spiro atoms. The Kier molecular flexibility index (Phi) is 8.34. The fraction of sp³-hybridized carbons (Fsp3) is 0.667. The number of carboxylic acids is 1. The van der Waals surface area contributed by atoms with Gasteiger partial charge in [-0.05, 0) is 6.42 Å². The Bertz CT molecular complexity index is 154. The van der Waals surface area contributed by atoms with E-state index in [0.29, 0.717) is 13.2 Å². The van der Waals surface area contributed by atoms with Gasteiger partial charge in [0.25, 0.3) is 0 Å². The fourth-order valence-corrected chi connectivity index (χ4v) is 0.630. The summed E-state index contributed by atoms with van der Waals surface area (Å²) >= 11 is 0. The van der Waals surface area contributed by atoms with Crippen molar-refractivity contribution in [3.05, 3.63) is 12.3 Å². The predicted octanol–water partition coefficient (Wildman–Crippen LogP) is 1.42. The van der Waals surface area contributed by atoms with E-state index in [1.807, 2.05) is 0 Å². The normalized spacial score (nSPS) is 10.5. The molecule has 0 fully saturated rings. The molecule has 0 aromatic heterocycles. The number of rotatable bonds is 8. The van der Waals surface area contributed by atoms with E-state index in [1.165, 1.54) is 0 Å². The molecule has 0 aromatic rings. The van der Waals surface area contributed by atoms with Gasteiger partial charge in [0.2, 0.25) is 0 Å². The predicted molar refractivity (Wildman–Crippen MR) is 48.5 cm³/mol. The highest BCUT2D eigenvalue weighted by Crippen LogP contribution is 1.88. The average molecular weight is 188 g/mol. The SMILES string of the molecule is CCCCOCCOC=CC(=O)O. The molecule has 0 radical (unpaired) electrons. The van der Waals surface area contributed by atoms with Crippen molar-refractivity contribution in [2.75, 3.05) is 19.8 Å². The van der Waals surface area contributed by atoms with E-state index >= 15 is 0 Å². The van der Waals surface area contributed by atoms with Crippen molar-refractivity contribution < 1.29 is 19.4 Å². The van der Waals surface area contributed by atoms with Crippen molar-refractivity contribution in [3.63, 3.8) is 0 Å². The van der Waals surface area contributed by atoms with Crippen LogP contribution in [-0.4, -0.2) is 30.9 Å². The van der Waals surface area contributed by atoms with Gasteiger partial charge in [-0.15, -0.1) is 0 Å². The van der Waals surface area contributed by atoms with Gasteiger partial charge in [0, 0.05) is 6.61 Å². The van der Waals surface area contributed by atoms with Gasteiger partial charge in [0.15, 0.2) is 0 Å². The second kappa shape index (κ2) is 9.06. The van der Waals surface area contributed by atoms with Crippen LogP contribution < -0.4 is 0 Å². The lowest BCUT2D eigenvalue weighted by Crippen LogP contribution is -2.02. The molecule has 4 nitrogen and oxygen atoms in total. The standard InChI is InChI=1S/C9H16O4/c1-2-3-5-12-7-8-13-6-4-9(10)11/h4,6H,2-3,5,7-8H2,1H3,(H,10,11). The van der Waals surface area contributed by atoms with Crippen molar-refractivity contribution in [2.45, 2.75) is 19.8 Å². The Morgan fingerprint density at radius 2 is 2.15 bits per heavy atom. The highest BCUT2D eigenvalue weighted by molar-refractivity contribution is 5.79. The van der Waals surface area contributed by atoms with Gasteiger partial charge in [0.1, 0.15) is 6.61 Å². The van der Waals surface area contributed by atoms with Gasteiger partial charge in [-0.3, -0.25) is 0 Å². The van der Waals surface area contributed by atoms with Crippen LogP contribution >= 0.6 is 0 Å². The van der Waals surface area contributed by atoms with E-state index in [9.17, 15) is 4.79 Å². The number of hydrogen-bond acceptors (Lipinski definition) is 3. The minimum atomic E-state index is -1.01. The lowest BCUT2D eigenvalue weighted by atomic mass is 10.4. The van der Waals surface area contributed by atoms with Gasteiger partial charge >= 0.3 is 5.97 Å². The topological polar surface area (TPSA) is 55.8 Å². The first-order valence-corrected chi connectivity index (χ1v) is 4.36.